The van der Waals surface area contributed by atoms with Crippen LogP contribution in [0.1, 0.15) is 17.5 Å². The summed E-state index contributed by atoms with van der Waals surface area (Å²) in [6.45, 7) is 0.841. The van der Waals surface area contributed by atoms with Crippen molar-refractivity contribution < 1.29 is 19.2 Å². The number of benzene rings is 2. The van der Waals surface area contributed by atoms with E-state index in [2.05, 4.69) is 4.72 Å². The highest BCUT2D eigenvalue weighted by Gasteiger charge is 2.28. The second kappa shape index (κ2) is 8.12. The lowest BCUT2D eigenvalue weighted by Crippen LogP contribution is -2.28. The van der Waals surface area contributed by atoms with E-state index in [9.17, 15) is 9.82 Å². The highest BCUT2D eigenvalue weighted by Crippen LogP contribution is 2.34. The molecule has 0 bridgehead atoms. The van der Waals surface area contributed by atoms with Gasteiger partial charge in [-0.15, -0.1) is 11.8 Å². The van der Waals surface area contributed by atoms with Crippen LogP contribution in [0.15, 0.2) is 45.7 Å². The maximum Gasteiger partial charge on any atom is 0.491 e. The van der Waals surface area contributed by atoms with Crippen molar-refractivity contribution in [3.05, 3.63) is 47.0 Å². The first kappa shape index (κ1) is 19.3. The van der Waals surface area contributed by atoms with Crippen molar-refractivity contribution in [2.24, 2.45) is 0 Å². The molecule has 0 spiro atoms. The molecule has 2 heterocycles. The van der Waals surface area contributed by atoms with Gasteiger partial charge in [0.1, 0.15) is 0 Å². The number of nitrogen functional groups attached to an aromatic ring is 1. The van der Waals surface area contributed by atoms with Gasteiger partial charge < -0.3 is 24.9 Å². The minimum Gasteiger partial charge on any atom is -0.462 e. The van der Waals surface area contributed by atoms with Crippen LogP contribution in [0.2, 0.25) is 0 Å². The Morgan fingerprint density at radius 1 is 1.29 bits per heavy atom. The summed E-state index contributed by atoms with van der Waals surface area (Å²) in [6, 6.07) is 9.56. The van der Waals surface area contributed by atoms with Gasteiger partial charge in [0.15, 0.2) is 0 Å². The van der Waals surface area contributed by atoms with Gasteiger partial charge in [-0.3, -0.25) is 0 Å². The van der Waals surface area contributed by atoms with Gasteiger partial charge in [0.2, 0.25) is 0 Å². The summed E-state index contributed by atoms with van der Waals surface area (Å²) in [4.78, 5) is 13.8. The van der Waals surface area contributed by atoms with Crippen LogP contribution in [0.3, 0.4) is 0 Å². The molecular weight excluding hydrogens is 395 g/mol. The van der Waals surface area contributed by atoms with Gasteiger partial charge in [-0.05, 0) is 71.2 Å². The van der Waals surface area contributed by atoms with Gasteiger partial charge in [-0.1, -0.05) is 0 Å². The molecule has 1 saturated heterocycles. The number of fused-ring (bicyclic) bond motifs is 1. The molecule has 0 unspecified atom stereocenters. The summed E-state index contributed by atoms with van der Waals surface area (Å²) in [5.74, 6) is -0.274. The van der Waals surface area contributed by atoms with E-state index in [-0.39, 0.29) is 5.97 Å². The molecule has 144 valence electrons. The minimum absolute atomic E-state index is 0.274. The van der Waals surface area contributed by atoms with E-state index in [1.807, 2.05) is 42.7 Å². The van der Waals surface area contributed by atoms with Gasteiger partial charge in [-0.25, -0.2) is 4.79 Å². The van der Waals surface area contributed by atoms with E-state index < -0.39 is 7.12 Å². The number of nitrogens with two attached hydrogens (primary N) is 1. The molecule has 2 aromatic rings. The molecule has 2 aromatic carbocycles. The summed E-state index contributed by atoms with van der Waals surface area (Å²) >= 11 is 3.06. The summed E-state index contributed by atoms with van der Waals surface area (Å²) in [5, 5.41) is 9.98. The molecule has 0 saturated carbocycles. The summed E-state index contributed by atoms with van der Waals surface area (Å²) < 4.78 is 13.7. The molecular formula is C19H19BN2O4S2. The highest BCUT2D eigenvalue weighted by molar-refractivity contribution is 8.01. The van der Waals surface area contributed by atoms with Crippen molar-refractivity contribution >= 4 is 59.7 Å². The van der Waals surface area contributed by atoms with Crippen molar-refractivity contribution in [1.82, 2.24) is 0 Å². The van der Waals surface area contributed by atoms with E-state index in [0.717, 1.165) is 32.1 Å². The Bertz CT molecular complexity index is 967. The zero-order valence-electron chi connectivity index (χ0n) is 15.2. The van der Waals surface area contributed by atoms with Crippen molar-refractivity contribution in [2.45, 2.75) is 22.8 Å². The normalized spacial score (nSPS) is 17.1. The average molecular weight is 414 g/mol. The smallest absolute Gasteiger partial charge is 0.462 e. The van der Waals surface area contributed by atoms with Crippen molar-refractivity contribution in [2.75, 3.05) is 23.3 Å². The fourth-order valence-corrected chi connectivity index (χ4v) is 4.57. The lowest BCUT2D eigenvalue weighted by atomic mass is 9.79. The summed E-state index contributed by atoms with van der Waals surface area (Å²) in [6.07, 6.45) is 4.45. The fourth-order valence-electron chi connectivity index (χ4n) is 3.15. The number of anilines is 2. The minimum atomic E-state index is -0.887. The number of carbonyl (C=O) groups excluding carboxylic acids is 1. The lowest BCUT2D eigenvalue weighted by molar-refractivity contribution is -0.134. The number of rotatable bonds is 5. The third-order valence-electron chi connectivity index (χ3n) is 4.63. The third-order valence-corrected chi connectivity index (χ3v) is 6.32. The molecule has 4 rings (SSSR count). The largest absolute Gasteiger partial charge is 0.491 e. The molecule has 2 aliphatic rings. The van der Waals surface area contributed by atoms with Crippen LogP contribution >= 0.6 is 23.7 Å². The maximum atomic E-state index is 11.8. The standard InChI is InChI=1S/C19H19BN2O4S2/c1-27-18-8-13-10-26-20(24)15(13)9-16(18)22-28-17-3-2-14(21)7-12(17)6-11-4-5-25-19(11)23/h2-3,6-9,22,24H,4-5,10,21H2,1H3/b11-6+. The van der Waals surface area contributed by atoms with Crippen molar-refractivity contribution in [1.29, 1.82) is 0 Å². The second-order valence-electron chi connectivity index (χ2n) is 6.47. The topological polar surface area (TPSA) is 93.8 Å². The number of nitrogens with one attached hydrogen (secondary N) is 1. The van der Waals surface area contributed by atoms with Crippen LogP contribution in [0.5, 0.6) is 0 Å². The predicted octanol–water partition coefficient (Wildman–Crippen LogP) is 2.66. The number of carbonyl (C=O) groups is 1. The van der Waals surface area contributed by atoms with E-state index in [0.29, 0.717) is 30.9 Å². The zero-order chi connectivity index (χ0) is 19.7. The van der Waals surface area contributed by atoms with Crippen molar-refractivity contribution in [3.63, 3.8) is 0 Å². The van der Waals surface area contributed by atoms with Gasteiger partial charge in [0, 0.05) is 27.5 Å². The van der Waals surface area contributed by atoms with Crippen LogP contribution in [0, 0.1) is 0 Å². The average Bonchev–Trinajstić information content (AvgIpc) is 3.26. The summed E-state index contributed by atoms with van der Waals surface area (Å²) in [5.41, 5.74) is 10.8. The molecule has 28 heavy (non-hydrogen) atoms. The van der Waals surface area contributed by atoms with E-state index in [1.54, 1.807) is 11.8 Å². The number of cyclic esters (lactones) is 1. The van der Waals surface area contributed by atoms with Crippen LogP contribution in [0.4, 0.5) is 11.4 Å². The fraction of sp³-hybridized carbons (Fsp3) is 0.211. The van der Waals surface area contributed by atoms with Gasteiger partial charge in [0.05, 0.1) is 18.9 Å². The van der Waals surface area contributed by atoms with E-state index >= 15 is 0 Å². The van der Waals surface area contributed by atoms with Crippen LogP contribution in [0.25, 0.3) is 6.08 Å². The molecule has 0 amide bonds. The Morgan fingerprint density at radius 2 is 2.14 bits per heavy atom. The van der Waals surface area contributed by atoms with Gasteiger partial charge in [-0.2, -0.15) is 0 Å². The second-order valence-corrected chi connectivity index (χ2v) is 8.17. The molecule has 2 aliphatic heterocycles. The molecule has 9 heteroatoms. The van der Waals surface area contributed by atoms with Crippen molar-refractivity contribution in [3.8, 4) is 0 Å². The zero-order valence-corrected chi connectivity index (χ0v) is 16.9. The number of ether oxygens (including phenoxy) is 1. The molecule has 1 fully saturated rings. The lowest BCUT2D eigenvalue weighted by Gasteiger charge is -2.14. The van der Waals surface area contributed by atoms with Gasteiger partial charge >= 0.3 is 13.1 Å². The van der Waals surface area contributed by atoms with Crippen LogP contribution in [-0.2, 0) is 20.8 Å². The Balaban J connectivity index is 1.61. The molecule has 0 aliphatic carbocycles. The Kier molecular flexibility index (Phi) is 5.59. The molecule has 4 N–H and O–H groups in total. The maximum absolute atomic E-state index is 11.8. The molecule has 0 radical (unpaired) electrons. The number of esters is 1. The SMILES string of the molecule is CSc1cc2c(cc1NSc1ccc(N)cc1/C=C1\CCOC1=O)B(O)OC2. The molecule has 6 nitrogen and oxygen atoms in total. The quantitative estimate of drug-likeness (QED) is 0.172. The van der Waals surface area contributed by atoms with E-state index in [1.165, 1.54) is 11.9 Å². The molecule has 0 aromatic heterocycles. The first-order valence-electron chi connectivity index (χ1n) is 8.75. The molecule has 0 atom stereocenters. The Morgan fingerprint density at radius 3 is 2.89 bits per heavy atom. The Labute approximate surface area is 172 Å². The van der Waals surface area contributed by atoms with Crippen LogP contribution < -0.4 is 15.9 Å². The number of hydrogen-bond acceptors (Lipinski definition) is 8. The number of hydrogen-bond donors (Lipinski definition) is 3. The third kappa shape index (κ3) is 3.88. The summed E-state index contributed by atoms with van der Waals surface area (Å²) in [7, 11) is -0.887. The monoisotopic (exact) mass is 414 g/mol. The van der Waals surface area contributed by atoms with E-state index in [4.69, 9.17) is 15.1 Å². The Hall–Kier alpha value is -2.07. The predicted molar refractivity (Wildman–Crippen MR) is 115 cm³/mol. The van der Waals surface area contributed by atoms with Gasteiger partial charge in [0.25, 0.3) is 0 Å². The first-order valence-corrected chi connectivity index (χ1v) is 10.8. The highest BCUT2D eigenvalue weighted by atomic mass is 32.2. The first-order chi connectivity index (χ1) is 13.5. The van der Waals surface area contributed by atoms with Crippen LogP contribution in [-0.4, -0.2) is 31.0 Å². The number of thioether (sulfide) groups is 1.